The average molecular weight is 248 g/mol. The quantitative estimate of drug-likeness (QED) is 0.594. The molecule has 0 aromatic carbocycles. The minimum absolute atomic E-state index is 0.124. The number of aliphatic hydroxyl groups is 3. The van der Waals surface area contributed by atoms with Crippen LogP contribution < -0.4 is 0 Å². The Balaban J connectivity index is 1.80. The zero-order valence-corrected chi connectivity index (χ0v) is 9.70. The lowest BCUT2D eigenvalue weighted by atomic mass is 10.1. The smallest absolute Gasteiger partial charge is 0.161 e. The van der Waals surface area contributed by atoms with Crippen LogP contribution in [0.5, 0.6) is 0 Å². The molecule has 17 heavy (non-hydrogen) atoms. The van der Waals surface area contributed by atoms with Crippen molar-refractivity contribution in [1.29, 1.82) is 0 Å². The van der Waals surface area contributed by atoms with Crippen molar-refractivity contribution in [2.24, 2.45) is 0 Å². The highest BCUT2D eigenvalue weighted by atomic mass is 16.7. The van der Waals surface area contributed by atoms with Gasteiger partial charge in [0.15, 0.2) is 6.29 Å². The van der Waals surface area contributed by atoms with Gasteiger partial charge in [-0.2, -0.15) is 0 Å². The zero-order chi connectivity index (χ0) is 12.3. The summed E-state index contributed by atoms with van der Waals surface area (Å²) in [5.41, 5.74) is 0. The predicted molar refractivity (Wildman–Crippen MR) is 57.3 cm³/mol. The van der Waals surface area contributed by atoms with Gasteiger partial charge in [0.05, 0.1) is 44.2 Å². The van der Waals surface area contributed by atoms with Gasteiger partial charge in [-0.3, -0.25) is 0 Å². The van der Waals surface area contributed by atoms with Crippen molar-refractivity contribution in [3.8, 4) is 0 Å². The molecule has 100 valence electrons. The molecule has 2 rings (SSSR count). The first-order valence-corrected chi connectivity index (χ1v) is 6.03. The van der Waals surface area contributed by atoms with Crippen LogP contribution in [0.3, 0.4) is 0 Å². The molecule has 2 aliphatic rings. The van der Waals surface area contributed by atoms with E-state index < -0.39 is 18.5 Å². The van der Waals surface area contributed by atoms with Crippen molar-refractivity contribution in [3.05, 3.63) is 0 Å². The van der Waals surface area contributed by atoms with Gasteiger partial charge >= 0.3 is 0 Å². The van der Waals surface area contributed by atoms with Crippen LogP contribution >= 0.6 is 0 Å². The van der Waals surface area contributed by atoms with Gasteiger partial charge < -0.3 is 29.5 Å². The summed E-state index contributed by atoms with van der Waals surface area (Å²) in [4.78, 5) is 0. The highest BCUT2D eigenvalue weighted by molar-refractivity contribution is 4.75. The lowest BCUT2D eigenvalue weighted by Crippen LogP contribution is -2.43. The monoisotopic (exact) mass is 248 g/mol. The Hall–Kier alpha value is -0.240. The van der Waals surface area contributed by atoms with Gasteiger partial charge in [0, 0.05) is 19.3 Å². The van der Waals surface area contributed by atoms with E-state index in [1.54, 1.807) is 0 Å². The second-order valence-electron chi connectivity index (χ2n) is 4.68. The molecule has 0 aliphatic carbocycles. The highest BCUT2D eigenvalue weighted by Crippen LogP contribution is 2.23. The first-order valence-electron chi connectivity index (χ1n) is 6.03. The van der Waals surface area contributed by atoms with Crippen LogP contribution in [0.15, 0.2) is 0 Å². The fraction of sp³-hybridized carbons (Fsp3) is 1.00. The summed E-state index contributed by atoms with van der Waals surface area (Å²) in [6.07, 6.45) is -0.805. The lowest BCUT2D eigenvalue weighted by Gasteiger charge is -2.35. The Morgan fingerprint density at radius 1 is 1.06 bits per heavy atom. The van der Waals surface area contributed by atoms with Crippen LogP contribution in [0, 0.1) is 0 Å². The molecule has 5 atom stereocenters. The molecule has 0 bridgehead atoms. The zero-order valence-electron chi connectivity index (χ0n) is 9.70. The Kier molecular flexibility index (Phi) is 4.72. The molecule has 0 aromatic rings. The molecule has 3 N–H and O–H groups in total. The van der Waals surface area contributed by atoms with E-state index in [0.29, 0.717) is 32.5 Å². The summed E-state index contributed by atoms with van der Waals surface area (Å²) in [5, 5.41) is 28.1. The second-order valence-corrected chi connectivity index (χ2v) is 4.68. The maximum absolute atomic E-state index is 9.61. The van der Waals surface area contributed by atoms with E-state index in [0.717, 1.165) is 0 Å². The van der Waals surface area contributed by atoms with Crippen LogP contribution in [-0.2, 0) is 14.2 Å². The summed E-state index contributed by atoms with van der Waals surface area (Å²) in [5.74, 6) is 0. The van der Waals surface area contributed by atoms with Crippen LogP contribution in [0.2, 0.25) is 0 Å². The molecule has 0 radical (unpaired) electrons. The van der Waals surface area contributed by atoms with E-state index in [2.05, 4.69) is 0 Å². The maximum Gasteiger partial charge on any atom is 0.161 e. The van der Waals surface area contributed by atoms with E-state index in [1.165, 1.54) is 0 Å². The number of hydrogen-bond acceptors (Lipinski definition) is 6. The first kappa shape index (κ1) is 13.2. The summed E-state index contributed by atoms with van der Waals surface area (Å²) < 4.78 is 16.3. The van der Waals surface area contributed by atoms with Gasteiger partial charge in [-0.05, 0) is 0 Å². The third kappa shape index (κ3) is 3.87. The van der Waals surface area contributed by atoms with Gasteiger partial charge in [0.1, 0.15) is 0 Å². The topological polar surface area (TPSA) is 88.4 Å². The summed E-state index contributed by atoms with van der Waals surface area (Å²) in [6, 6.07) is 0. The molecule has 6 heteroatoms. The van der Waals surface area contributed by atoms with Crippen molar-refractivity contribution >= 4 is 0 Å². The van der Waals surface area contributed by atoms with E-state index in [1.807, 2.05) is 0 Å². The molecule has 1 unspecified atom stereocenters. The average Bonchev–Trinajstić information content (AvgIpc) is 2.28. The molecule has 0 amide bonds. The fourth-order valence-electron chi connectivity index (χ4n) is 2.24. The van der Waals surface area contributed by atoms with Crippen LogP contribution in [0.4, 0.5) is 0 Å². The van der Waals surface area contributed by atoms with E-state index in [-0.39, 0.29) is 18.8 Å². The van der Waals surface area contributed by atoms with Gasteiger partial charge in [-0.1, -0.05) is 0 Å². The van der Waals surface area contributed by atoms with E-state index in [9.17, 15) is 10.2 Å². The summed E-state index contributed by atoms with van der Waals surface area (Å²) in [6.45, 7) is 0.644. The minimum Gasteiger partial charge on any atom is -0.394 e. The normalized spacial score (nSPS) is 43.6. The molecule has 2 saturated heterocycles. The third-order valence-electron chi connectivity index (χ3n) is 3.04. The predicted octanol–water partition coefficient (Wildman–Crippen LogP) is -0.989. The maximum atomic E-state index is 9.61. The summed E-state index contributed by atoms with van der Waals surface area (Å²) in [7, 11) is 0. The molecule has 0 saturated carbocycles. The van der Waals surface area contributed by atoms with Crippen LogP contribution in [0.25, 0.3) is 0 Å². The number of hydrogen-bond donors (Lipinski definition) is 3. The standard InChI is InChI=1S/C11H20O6/c12-4-9-1-7(13)3-11(16-9)17-10-2-8(14)5-15-6-10/h7-14H,1-6H2/t7-,8+,9-,10-,11?/m1/s1. The van der Waals surface area contributed by atoms with Gasteiger partial charge in [0.25, 0.3) is 0 Å². The lowest BCUT2D eigenvalue weighted by molar-refractivity contribution is -0.254. The van der Waals surface area contributed by atoms with E-state index in [4.69, 9.17) is 19.3 Å². The number of aliphatic hydroxyl groups excluding tert-OH is 3. The molecule has 2 heterocycles. The van der Waals surface area contributed by atoms with Crippen molar-refractivity contribution in [3.63, 3.8) is 0 Å². The Morgan fingerprint density at radius 3 is 2.59 bits per heavy atom. The summed E-state index contributed by atoms with van der Waals surface area (Å²) >= 11 is 0. The Labute approximate surface area is 100 Å². The van der Waals surface area contributed by atoms with Crippen molar-refractivity contribution in [1.82, 2.24) is 0 Å². The SMILES string of the molecule is OC[C@H]1C[C@@H](O)CC(O[C@H]2COC[C@@H](O)C2)O1. The molecule has 2 fully saturated rings. The molecular weight excluding hydrogens is 228 g/mol. The second kappa shape index (κ2) is 6.08. The van der Waals surface area contributed by atoms with Gasteiger partial charge in [0.2, 0.25) is 0 Å². The van der Waals surface area contributed by atoms with Crippen molar-refractivity contribution < 1.29 is 29.5 Å². The van der Waals surface area contributed by atoms with Gasteiger partial charge in [-0.15, -0.1) is 0 Å². The molecule has 0 spiro atoms. The largest absolute Gasteiger partial charge is 0.394 e. The van der Waals surface area contributed by atoms with Crippen molar-refractivity contribution in [2.45, 2.75) is 50.0 Å². The third-order valence-corrected chi connectivity index (χ3v) is 3.04. The Bertz CT molecular complexity index is 236. The molecule has 2 aliphatic heterocycles. The fourth-order valence-corrected chi connectivity index (χ4v) is 2.24. The Morgan fingerprint density at radius 2 is 1.88 bits per heavy atom. The van der Waals surface area contributed by atoms with Crippen LogP contribution in [-0.4, -0.2) is 65.8 Å². The van der Waals surface area contributed by atoms with E-state index >= 15 is 0 Å². The number of rotatable bonds is 3. The molecule has 0 aromatic heterocycles. The van der Waals surface area contributed by atoms with Gasteiger partial charge in [-0.25, -0.2) is 0 Å². The first-order chi connectivity index (χ1) is 8.17. The van der Waals surface area contributed by atoms with Crippen LogP contribution in [0.1, 0.15) is 19.3 Å². The highest BCUT2D eigenvalue weighted by Gasteiger charge is 2.32. The minimum atomic E-state index is -0.533. The number of ether oxygens (including phenoxy) is 3. The van der Waals surface area contributed by atoms with Crippen molar-refractivity contribution in [2.75, 3.05) is 19.8 Å². The molecule has 6 nitrogen and oxygen atoms in total. The molecular formula is C11H20O6.